The average Bonchev–Trinajstić information content (AvgIpc) is 2.36. The molecule has 17 heavy (non-hydrogen) atoms. The van der Waals surface area contributed by atoms with Crippen molar-refractivity contribution >= 4 is 0 Å². The van der Waals surface area contributed by atoms with E-state index in [9.17, 15) is 0 Å². The second kappa shape index (κ2) is 13.5. The quantitative estimate of drug-likeness (QED) is 0.489. The van der Waals surface area contributed by atoms with Gasteiger partial charge in [0.2, 0.25) is 0 Å². The third-order valence-corrected chi connectivity index (χ3v) is 2.70. The van der Waals surface area contributed by atoms with Gasteiger partial charge in [-0.25, -0.2) is 0 Å². The van der Waals surface area contributed by atoms with Gasteiger partial charge in [0.1, 0.15) is 6.10 Å². The van der Waals surface area contributed by atoms with Gasteiger partial charge in [-0.1, -0.05) is 46.0 Å². The van der Waals surface area contributed by atoms with Crippen molar-refractivity contribution < 1.29 is 9.47 Å². The van der Waals surface area contributed by atoms with Crippen molar-refractivity contribution in [3.05, 3.63) is 0 Å². The summed E-state index contributed by atoms with van der Waals surface area (Å²) in [7, 11) is 0. The Balaban J connectivity index is 3.06. The van der Waals surface area contributed by atoms with Crippen LogP contribution in [-0.4, -0.2) is 25.9 Å². The van der Waals surface area contributed by atoms with E-state index in [-0.39, 0.29) is 6.10 Å². The Morgan fingerprint density at radius 3 is 2.29 bits per heavy atom. The molecule has 0 heterocycles. The van der Waals surface area contributed by atoms with Crippen molar-refractivity contribution in [2.24, 2.45) is 0 Å². The topological polar surface area (TPSA) is 42.2 Å². The molecule has 3 nitrogen and oxygen atoms in total. The first-order valence-corrected chi connectivity index (χ1v) is 6.94. The molecule has 0 aliphatic rings. The van der Waals surface area contributed by atoms with Crippen molar-refractivity contribution in [1.82, 2.24) is 0 Å². The minimum atomic E-state index is -0.271. The lowest BCUT2D eigenvalue weighted by Crippen LogP contribution is -2.13. The Hall–Kier alpha value is -0.590. The number of unbranched alkanes of at least 4 members (excludes halogenated alkanes) is 5. The van der Waals surface area contributed by atoms with E-state index in [0.717, 1.165) is 19.4 Å². The van der Waals surface area contributed by atoms with Gasteiger partial charge >= 0.3 is 0 Å². The summed E-state index contributed by atoms with van der Waals surface area (Å²) in [6.45, 7) is 6.13. The summed E-state index contributed by atoms with van der Waals surface area (Å²) in [6.07, 6.45) is 8.18. The molecule has 0 spiro atoms. The van der Waals surface area contributed by atoms with Crippen LogP contribution in [0.5, 0.6) is 0 Å². The molecule has 0 saturated heterocycles. The van der Waals surface area contributed by atoms with Gasteiger partial charge in [0.05, 0.1) is 19.3 Å². The van der Waals surface area contributed by atoms with Gasteiger partial charge in [-0.3, -0.25) is 0 Å². The van der Waals surface area contributed by atoms with Gasteiger partial charge in [0.25, 0.3) is 0 Å². The average molecular weight is 241 g/mol. The highest BCUT2D eigenvalue weighted by molar-refractivity contribution is 4.82. The van der Waals surface area contributed by atoms with Crippen molar-refractivity contribution in [2.45, 2.75) is 64.9 Å². The Morgan fingerprint density at radius 1 is 0.941 bits per heavy atom. The fourth-order valence-corrected chi connectivity index (χ4v) is 1.58. The number of rotatable bonds is 12. The molecule has 1 unspecified atom stereocenters. The summed E-state index contributed by atoms with van der Waals surface area (Å²) in [4.78, 5) is 0. The third kappa shape index (κ3) is 11.7. The van der Waals surface area contributed by atoms with Gasteiger partial charge in [0, 0.05) is 6.61 Å². The SMILES string of the molecule is CCCCCCCCOCCOC(C#N)CC. The Labute approximate surface area is 106 Å². The maximum atomic E-state index is 8.65. The first kappa shape index (κ1) is 16.4. The minimum absolute atomic E-state index is 0.271. The minimum Gasteiger partial charge on any atom is -0.379 e. The zero-order valence-corrected chi connectivity index (χ0v) is 11.4. The summed E-state index contributed by atoms with van der Waals surface area (Å²) >= 11 is 0. The van der Waals surface area contributed by atoms with Crippen LogP contribution in [0.25, 0.3) is 0 Å². The van der Waals surface area contributed by atoms with Crippen LogP contribution >= 0.6 is 0 Å². The van der Waals surface area contributed by atoms with E-state index < -0.39 is 0 Å². The predicted molar refractivity (Wildman–Crippen MR) is 69.8 cm³/mol. The second-order valence-corrected chi connectivity index (χ2v) is 4.28. The maximum absolute atomic E-state index is 8.65. The summed E-state index contributed by atoms with van der Waals surface area (Å²) in [5.74, 6) is 0. The Morgan fingerprint density at radius 2 is 1.65 bits per heavy atom. The Kier molecular flexibility index (Phi) is 13.0. The normalized spacial score (nSPS) is 12.3. The van der Waals surface area contributed by atoms with Crippen LogP contribution in [0.15, 0.2) is 0 Å². The molecule has 0 fully saturated rings. The number of ether oxygens (including phenoxy) is 2. The molecule has 100 valence electrons. The first-order chi connectivity index (χ1) is 8.35. The van der Waals surface area contributed by atoms with E-state index in [0.29, 0.717) is 13.2 Å². The van der Waals surface area contributed by atoms with Crippen molar-refractivity contribution in [3.63, 3.8) is 0 Å². The highest BCUT2D eigenvalue weighted by atomic mass is 16.5. The standard InChI is InChI=1S/C14H27NO2/c1-3-5-6-7-8-9-10-16-11-12-17-14(4-2)13-15/h14H,3-12H2,1-2H3. The maximum Gasteiger partial charge on any atom is 0.143 e. The number of hydrogen-bond acceptors (Lipinski definition) is 3. The van der Waals surface area contributed by atoms with Crippen LogP contribution in [0.3, 0.4) is 0 Å². The third-order valence-electron chi connectivity index (χ3n) is 2.70. The molecule has 0 aromatic heterocycles. The first-order valence-electron chi connectivity index (χ1n) is 6.94. The smallest absolute Gasteiger partial charge is 0.143 e. The van der Waals surface area contributed by atoms with Crippen LogP contribution in [0, 0.1) is 11.3 Å². The fourth-order valence-electron chi connectivity index (χ4n) is 1.58. The molecule has 0 aromatic carbocycles. The van der Waals surface area contributed by atoms with Gasteiger partial charge in [-0.05, 0) is 12.8 Å². The number of hydrogen-bond donors (Lipinski definition) is 0. The molecule has 1 atom stereocenters. The summed E-state index contributed by atoms with van der Waals surface area (Å²) in [5.41, 5.74) is 0. The molecule has 0 N–H and O–H groups in total. The van der Waals surface area contributed by atoms with Gasteiger partial charge in [-0.2, -0.15) is 5.26 Å². The van der Waals surface area contributed by atoms with Crippen LogP contribution in [0.2, 0.25) is 0 Å². The lowest BCUT2D eigenvalue weighted by atomic mass is 10.1. The largest absolute Gasteiger partial charge is 0.379 e. The van der Waals surface area contributed by atoms with Crippen LogP contribution in [0.1, 0.15) is 58.8 Å². The molecule has 0 bridgehead atoms. The molecule has 0 radical (unpaired) electrons. The van der Waals surface area contributed by atoms with Gasteiger partial charge in [0.15, 0.2) is 0 Å². The molecule has 0 aliphatic heterocycles. The fraction of sp³-hybridized carbons (Fsp3) is 0.929. The van der Waals surface area contributed by atoms with Crippen LogP contribution in [-0.2, 0) is 9.47 Å². The van der Waals surface area contributed by atoms with E-state index >= 15 is 0 Å². The summed E-state index contributed by atoms with van der Waals surface area (Å²) < 4.78 is 10.8. The molecular formula is C14H27NO2. The zero-order valence-electron chi connectivity index (χ0n) is 11.4. The molecule has 3 heteroatoms. The number of nitriles is 1. The molecule has 0 aliphatic carbocycles. The molecular weight excluding hydrogens is 214 g/mol. The highest BCUT2D eigenvalue weighted by Gasteiger charge is 2.02. The molecule has 0 aromatic rings. The van der Waals surface area contributed by atoms with Crippen molar-refractivity contribution in [3.8, 4) is 6.07 Å². The zero-order chi connectivity index (χ0) is 12.8. The van der Waals surface area contributed by atoms with Crippen molar-refractivity contribution in [2.75, 3.05) is 19.8 Å². The predicted octanol–water partition coefficient (Wildman–Crippen LogP) is 3.68. The Bertz CT molecular complexity index is 189. The summed E-state index contributed by atoms with van der Waals surface area (Å²) in [6, 6.07) is 2.10. The van der Waals surface area contributed by atoms with E-state index in [4.69, 9.17) is 14.7 Å². The lowest BCUT2D eigenvalue weighted by Gasteiger charge is -2.08. The van der Waals surface area contributed by atoms with Crippen molar-refractivity contribution in [1.29, 1.82) is 5.26 Å². The number of nitrogens with zero attached hydrogens (tertiary/aromatic N) is 1. The molecule has 0 amide bonds. The van der Waals surface area contributed by atoms with Crippen LogP contribution < -0.4 is 0 Å². The molecule has 0 rings (SSSR count). The van der Waals surface area contributed by atoms with E-state index in [1.54, 1.807) is 0 Å². The second-order valence-electron chi connectivity index (χ2n) is 4.28. The summed E-state index contributed by atoms with van der Waals surface area (Å²) in [5, 5.41) is 8.65. The lowest BCUT2D eigenvalue weighted by molar-refractivity contribution is 0.0238. The van der Waals surface area contributed by atoms with Gasteiger partial charge < -0.3 is 9.47 Å². The highest BCUT2D eigenvalue weighted by Crippen LogP contribution is 2.04. The monoisotopic (exact) mass is 241 g/mol. The van der Waals surface area contributed by atoms with E-state index in [1.165, 1.54) is 32.1 Å². The molecule has 0 saturated carbocycles. The van der Waals surface area contributed by atoms with E-state index in [2.05, 4.69) is 13.0 Å². The van der Waals surface area contributed by atoms with Crippen LogP contribution in [0.4, 0.5) is 0 Å². The van der Waals surface area contributed by atoms with E-state index in [1.807, 2.05) is 6.92 Å². The van der Waals surface area contributed by atoms with Gasteiger partial charge in [-0.15, -0.1) is 0 Å².